The van der Waals surface area contributed by atoms with E-state index in [4.69, 9.17) is 15.2 Å². The van der Waals surface area contributed by atoms with Crippen LogP contribution < -0.4 is 10.5 Å². The highest BCUT2D eigenvalue weighted by Crippen LogP contribution is 2.32. The number of nitrogens with zero attached hydrogens (tertiary/aromatic N) is 1. The lowest BCUT2D eigenvalue weighted by molar-refractivity contribution is -0.136. The van der Waals surface area contributed by atoms with Crippen LogP contribution in [0.1, 0.15) is 50.5 Å². The zero-order valence-electron chi connectivity index (χ0n) is 16.7. The summed E-state index contributed by atoms with van der Waals surface area (Å²) < 4.78 is 11.3. The smallest absolute Gasteiger partial charge is 0.239 e. The molecule has 0 bridgehead atoms. The SMILES string of the molecule is COc1ccccc1COCC1CCC([C@H](N)C(=O)N(C)C2CCC2)CC1. The van der Waals surface area contributed by atoms with Crippen LogP contribution in [0.2, 0.25) is 0 Å². The molecule has 1 atom stereocenters. The summed E-state index contributed by atoms with van der Waals surface area (Å²) in [6, 6.07) is 8.05. The molecule has 1 aromatic rings. The van der Waals surface area contributed by atoms with E-state index in [-0.39, 0.29) is 11.9 Å². The van der Waals surface area contributed by atoms with Crippen molar-refractivity contribution in [2.45, 2.75) is 63.6 Å². The molecule has 5 nitrogen and oxygen atoms in total. The van der Waals surface area contributed by atoms with E-state index in [1.165, 1.54) is 6.42 Å². The summed E-state index contributed by atoms with van der Waals surface area (Å²) in [6.45, 7) is 1.34. The Morgan fingerprint density at radius 2 is 1.89 bits per heavy atom. The fraction of sp³-hybridized carbons (Fsp3) is 0.682. The number of rotatable bonds is 8. The third kappa shape index (κ3) is 5.02. The van der Waals surface area contributed by atoms with Gasteiger partial charge in [-0.05, 0) is 62.8 Å². The molecule has 0 spiro atoms. The van der Waals surface area contributed by atoms with Crippen molar-refractivity contribution < 1.29 is 14.3 Å². The third-order valence-corrected chi connectivity index (χ3v) is 6.46. The summed E-state index contributed by atoms with van der Waals surface area (Å²) in [7, 11) is 3.61. The minimum Gasteiger partial charge on any atom is -0.496 e. The van der Waals surface area contributed by atoms with Crippen molar-refractivity contribution in [3.05, 3.63) is 29.8 Å². The van der Waals surface area contributed by atoms with Gasteiger partial charge in [-0.25, -0.2) is 0 Å². The van der Waals surface area contributed by atoms with Gasteiger partial charge in [-0.2, -0.15) is 0 Å². The number of methoxy groups -OCH3 is 1. The van der Waals surface area contributed by atoms with Gasteiger partial charge in [-0.3, -0.25) is 4.79 Å². The van der Waals surface area contributed by atoms with Crippen molar-refractivity contribution in [2.75, 3.05) is 20.8 Å². The van der Waals surface area contributed by atoms with Gasteiger partial charge in [0.15, 0.2) is 0 Å². The first-order valence-corrected chi connectivity index (χ1v) is 10.3. The molecule has 0 saturated heterocycles. The number of carbonyl (C=O) groups is 1. The molecule has 150 valence electrons. The number of carbonyl (C=O) groups excluding carboxylic acids is 1. The van der Waals surface area contributed by atoms with Crippen molar-refractivity contribution in [3.8, 4) is 5.75 Å². The molecule has 1 amide bonds. The van der Waals surface area contributed by atoms with E-state index in [0.717, 1.165) is 56.4 Å². The largest absolute Gasteiger partial charge is 0.496 e. The Bertz CT molecular complexity index is 609. The van der Waals surface area contributed by atoms with Gasteiger partial charge in [0.05, 0.1) is 19.8 Å². The quantitative estimate of drug-likeness (QED) is 0.758. The molecule has 0 aromatic heterocycles. The summed E-state index contributed by atoms with van der Waals surface area (Å²) in [5.41, 5.74) is 7.41. The number of amides is 1. The maximum absolute atomic E-state index is 12.6. The second kappa shape index (κ2) is 9.56. The molecular weight excluding hydrogens is 340 g/mol. The van der Waals surface area contributed by atoms with Gasteiger partial charge in [0, 0.05) is 25.3 Å². The Hall–Kier alpha value is -1.59. The molecule has 3 rings (SSSR count). The van der Waals surface area contributed by atoms with Gasteiger partial charge in [0.2, 0.25) is 5.91 Å². The predicted molar refractivity (Wildman–Crippen MR) is 106 cm³/mol. The highest BCUT2D eigenvalue weighted by atomic mass is 16.5. The van der Waals surface area contributed by atoms with Gasteiger partial charge in [-0.15, -0.1) is 0 Å². The number of para-hydroxylation sites is 1. The average molecular weight is 375 g/mol. The molecule has 2 saturated carbocycles. The van der Waals surface area contributed by atoms with Gasteiger partial charge in [0.25, 0.3) is 0 Å². The second-order valence-electron chi connectivity index (χ2n) is 8.17. The summed E-state index contributed by atoms with van der Waals surface area (Å²) in [4.78, 5) is 14.5. The zero-order valence-corrected chi connectivity index (χ0v) is 16.7. The zero-order chi connectivity index (χ0) is 19.2. The van der Waals surface area contributed by atoms with E-state index in [2.05, 4.69) is 0 Å². The van der Waals surface area contributed by atoms with Gasteiger partial charge < -0.3 is 20.1 Å². The predicted octanol–water partition coefficient (Wildman–Crippen LogP) is 3.36. The number of hydrogen-bond acceptors (Lipinski definition) is 4. The summed E-state index contributed by atoms with van der Waals surface area (Å²) in [5, 5.41) is 0. The van der Waals surface area contributed by atoms with Crippen molar-refractivity contribution in [1.82, 2.24) is 4.90 Å². The Kier molecular flexibility index (Phi) is 7.13. The maximum Gasteiger partial charge on any atom is 0.239 e. The fourth-order valence-electron chi connectivity index (χ4n) is 4.26. The molecule has 2 aliphatic carbocycles. The molecular formula is C22H34N2O3. The van der Waals surface area contributed by atoms with Gasteiger partial charge in [-0.1, -0.05) is 18.2 Å². The van der Waals surface area contributed by atoms with Crippen LogP contribution in [0.5, 0.6) is 5.75 Å². The van der Waals surface area contributed by atoms with Crippen molar-refractivity contribution in [2.24, 2.45) is 17.6 Å². The van der Waals surface area contributed by atoms with Crippen LogP contribution in [0, 0.1) is 11.8 Å². The Morgan fingerprint density at radius 3 is 2.52 bits per heavy atom. The topological polar surface area (TPSA) is 64.8 Å². The normalized spacial score (nSPS) is 24.1. The third-order valence-electron chi connectivity index (χ3n) is 6.46. The second-order valence-corrected chi connectivity index (χ2v) is 8.17. The highest BCUT2D eigenvalue weighted by Gasteiger charge is 2.34. The molecule has 2 aliphatic rings. The molecule has 2 N–H and O–H groups in total. The van der Waals surface area contributed by atoms with Crippen LogP contribution in [-0.2, 0) is 16.1 Å². The number of likely N-dealkylation sites (N-methyl/N-ethyl adjacent to an activating group) is 1. The minimum absolute atomic E-state index is 0.135. The summed E-state index contributed by atoms with van der Waals surface area (Å²) in [5.74, 6) is 1.88. The van der Waals surface area contributed by atoms with E-state index in [1.807, 2.05) is 36.2 Å². The number of nitrogens with two attached hydrogens (primary N) is 1. The summed E-state index contributed by atoms with van der Waals surface area (Å²) in [6.07, 6.45) is 7.71. The van der Waals surface area contributed by atoms with E-state index < -0.39 is 0 Å². The van der Waals surface area contributed by atoms with Gasteiger partial charge in [0.1, 0.15) is 5.75 Å². The van der Waals surface area contributed by atoms with Crippen LogP contribution in [0.25, 0.3) is 0 Å². The molecule has 5 heteroatoms. The highest BCUT2D eigenvalue weighted by molar-refractivity contribution is 5.82. The standard InChI is InChI=1S/C22H34N2O3/c1-24(19-7-5-8-19)22(25)21(23)17-12-10-16(11-13-17)14-27-15-18-6-3-4-9-20(18)26-2/h3-4,6,9,16-17,19,21H,5,7-8,10-15,23H2,1-2H3/t16?,17?,21-/m0/s1. The van der Waals surface area contributed by atoms with Crippen LogP contribution in [-0.4, -0.2) is 43.7 Å². The molecule has 0 radical (unpaired) electrons. The van der Waals surface area contributed by atoms with Crippen molar-refractivity contribution >= 4 is 5.91 Å². The van der Waals surface area contributed by atoms with Gasteiger partial charge >= 0.3 is 0 Å². The lowest BCUT2D eigenvalue weighted by Gasteiger charge is -2.38. The molecule has 0 heterocycles. The Morgan fingerprint density at radius 1 is 1.19 bits per heavy atom. The maximum atomic E-state index is 12.6. The lowest BCUT2D eigenvalue weighted by Crippen LogP contribution is -2.52. The van der Waals surface area contributed by atoms with Crippen LogP contribution in [0.4, 0.5) is 0 Å². The first-order chi connectivity index (χ1) is 13.1. The van der Waals surface area contributed by atoms with Crippen molar-refractivity contribution in [1.29, 1.82) is 0 Å². The molecule has 1 aromatic carbocycles. The van der Waals surface area contributed by atoms with Crippen LogP contribution >= 0.6 is 0 Å². The van der Waals surface area contributed by atoms with Crippen LogP contribution in [0.3, 0.4) is 0 Å². The lowest BCUT2D eigenvalue weighted by atomic mass is 9.78. The number of ether oxygens (including phenoxy) is 2. The molecule has 2 fully saturated rings. The molecule has 0 aliphatic heterocycles. The first-order valence-electron chi connectivity index (χ1n) is 10.3. The van der Waals surface area contributed by atoms with E-state index in [0.29, 0.717) is 24.5 Å². The Labute approximate surface area is 163 Å². The van der Waals surface area contributed by atoms with Crippen LogP contribution in [0.15, 0.2) is 24.3 Å². The molecule has 27 heavy (non-hydrogen) atoms. The summed E-state index contributed by atoms with van der Waals surface area (Å²) >= 11 is 0. The van der Waals surface area contributed by atoms with E-state index in [1.54, 1.807) is 7.11 Å². The Balaban J connectivity index is 1.39. The first kappa shape index (κ1) is 20.2. The minimum atomic E-state index is -0.342. The average Bonchev–Trinajstić information content (AvgIpc) is 2.66. The van der Waals surface area contributed by atoms with E-state index in [9.17, 15) is 4.79 Å². The van der Waals surface area contributed by atoms with E-state index >= 15 is 0 Å². The van der Waals surface area contributed by atoms with Crippen molar-refractivity contribution in [3.63, 3.8) is 0 Å². The number of hydrogen-bond donors (Lipinski definition) is 1. The molecule has 0 unspecified atom stereocenters. The monoisotopic (exact) mass is 374 g/mol. The fourth-order valence-corrected chi connectivity index (χ4v) is 4.26. The number of benzene rings is 1.